The van der Waals surface area contributed by atoms with Gasteiger partial charge in [0.25, 0.3) is 0 Å². The molecule has 1 unspecified atom stereocenters. The van der Waals surface area contributed by atoms with Crippen molar-refractivity contribution < 1.29 is 4.79 Å². The molecule has 1 fully saturated rings. The Morgan fingerprint density at radius 2 is 2.21 bits per heavy atom. The fourth-order valence-electron chi connectivity index (χ4n) is 2.40. The summed E-state index contributed by atoms with van der Waals surface area (Å²) in [6.07, 6.45) is 5.24. The van der Waals surface area contributed by atoms with Gasteiger partial charge in [0.15, 0.2) is 0 Å². The van der Waals surface area contributed by atoms with Gasteiger partial charge >= 0.3 is 0 Å². The Balaban J connectivity index is 1.68. The van der Waals surface area contributed by atoms with Crippen LogP contribution in [-0.4, -0.2) is 18.5 Å². The molecule has 1 aromatic rings. The molecule has 0 aromatic heterocycles. The molecule has 2 rings (SSSR count). The monoisotopic (exact) mass is 280 g/mol. The van der Waals surface area contributed by atoms with Gasteiger partial charge in [0.1, 0.15) is 0 Å². The lowest BCUT2D eigenvalue weighted by atomic mass is 10.0. The van der Waals surface area contributed by atoms with Crippen LogP contribution in [0.4, 0.5) is 0 Å². The van der Waals surface area contributed by atoms with Crippen LogP contribution in [-0.2, 0) is 11.3 Å². The van der Waals surface area contributed by atoms with E-state index in [0.717, 1.165) is 18.5 Å². The fraction of sp³-hybridized carbons (Fsp3) is 0.533. The lowest BCUT2D eigenvalue weighted by Crippen LogP contribution is -2.35. The molecule has 1 heterocycles. The molecule has 0 aliphatic carbocycles. The largest absolute Gasteiger partial charge is 0.352 e. The van der Waals surface area contributed by atoms with Crippen molar-refractivity contribution in [2.75, 3.05) is 6.54 Å². The van der Waals surface area contributed by atoms with E-state index >= 15 is 0 Å². The Morgan fingerprint density at radius 3 is 2.95 bits per heavy atom. The molecule has 19 heavy (non-hydrogen) atoms. The molecule has 2 N–H and O–H groups in total. The number of hydrogen-bond donors (Lipinski definition) is 2. The van der Waals surface area contributed by atoms with Gasteiger partial charge in [-0.25, -0.2) is 0 Å². The molecular formula is C15H21ClN2O. The molecule has 0 spiro atoms. The highest BCUT2D eigenvalue weighted by atomic mass is 35.5. The average Bonchev–Trinajstić information content (AvgIpc) is 2.45. The van der Waals surface area contributed by atoms with Gasteiger partial charge in [-0.1, -0.05) is 36.2 Å². The first-order valence-electron chi connectivity index (χ1n) is 6.99. The number of amides is 1. The highest BCUT2D eigenvalue weighted by Gasteiger charge is 2.13. The van der Waals surface area contributed by atoms with Gasteiger partial charge in [-0.2, -0.15) is 0 Å². The Kier molecular flexibility index (Phi) is 5.67. The van der Waals surface area contributed by atoms with E-state index in [1.54, 1.807) is 0 Å². The third-order valence-electron chi connectivity index (χ3n) is 3.57. The number of carbonyl (C=O) groups is 1. The fourth-order valence-corrected chi connectivity index (χ4v) is 2.60. The van der Waals surface area contributed by atoms with Gasteiger partial charge in [0.05, 0.1) is 0 Å². The van der Waals surface area contributed by atoms with E-state index < -0.39 is 0 Å². The summed E-state index contributed by atoms with van der Waals surface area (Å²) in [7, 11) is 0. The van der Waals surface area contributed by atoms with E-state index in [1.807, 2.05) is 24.3 Å². The first-order chi connectivity index (χ1) is 9.25. The summed E-state index contributed by atoms with van der Waals surface area (Å²) in [6.45, 7) is 1.60. The second-order valence-electron chi connectivity index (χ2n) is 5.05. The van der Waals surface area contributed by atoms with Gasteiger partial charge in [0.2, 0.25) is 5.91 Å². The lowest BCUT2D eigenvalue weighted by molar-refractivity contribution is -0.121. The van der Waals surface area contributed by atoms with Gasteiger partial charge in [-0.15, -0.1) is 0 Å². The second kappa shape index (κ2) is 7.51. The van der Waals surface area contributed by atoms with Crippen LogP contribution in [0.15, 0.2) is 24.3 Å². The first-order valence-corrected chi connectivity index (χ1v) is 7.37. The summed E-state index contributed by atoms with van der Waals surface area (Å²) < 4.78 is 0. The molecule has 1 aliphatic heterocycles. The predicted molar refractivity (Wildman–Crippen MR) is 78.2 cm³/mol. The Bertz CT molecular complexity index is 416. The molecular weight excluding hydrogens is 260 g/mol. The first kappa shape index (κ1) is 14.4. The summed E-state index contributed by atoms with van der Waals surface area (Å²) in [5.41, 5.74) is 0.966. The maximum Gasteiger partial charge on any atom is 0.220 e. The maximum atomic E-state index is 11.8. The van der Waals surface area contributed by atoms with Crippen LogP contribution >= 0.6 is 11.6 Å². The number of nitrogens with one attached hydrogen (secondary N) is 2. The zero-order chi connectivity index (χ0) is 13.5. The van der Waals surface area contributed by atoms with Crippen LogP contribution in [0.3, 0.4) is 0 Å². The van der Waals surface area contributed by atoms with Gasteiger partial charge < -0.3 is 10.6 Å². The summed E-state index contributed by atoms with van der Waals surface area (Å²) in [5.74, 6) is 0.104. The van der Waals surface area contributed by atoms with Crippen molar-refractivity contribution >= 4 is 17.5 Å². The summed E-state index contributed by atoms with van der Waals surface area (Å²) in [5, 5.41) is 7.09. The van der Waals surface area contributed by atoms with E-state index in [2.05, 4.69) is 10.6 Å². The predicted octanol–water partition coefficient (Wildman–Crippen LogP) is 2.88. The zero-order valence-corrected chi connectivity index (χ0v) is 11.9. The number of rotatable bonds is 5. The highest BCUT2D eigenvalue weighted by molar-refractivity contribution is 6.31. The maximum absolute atomic E-state index is 11.8. The van der Waals surface area contributed by atoms with Crippen molar-refractivity contribution in [2.45, 2.75) is 44.7 Å². The van der Waals surface area contributed by atoms with Crippen molar-refractivity contribution in [1.29, 1.82) is 0 Å². The molecule has 0 saturated carbocycles. The number of halogens is 1. The van der Waals surface area contributed by atoms with Gasteiger partial charge in [0, 0.05) is 24.0 Å². The number of carbonyl (C=O) groups excluding carboxylic acids is 1. The topological polar surface area (TPSA) is 41.1 Å². The Labute approximate surface area is 119 Å². The van der Waals surface area contributed by atoms with E-state index in [-0.39, 0.29) is 5.91 Å². The molecule has 1 aromatic carbocycles. The van der Waals surface area contributed by atoms with Crippen LogP contribution in [0.2, 0.25) is 5.02 Å². The minimum atomic E-state index is 0.104. The van der Waals surface area contributed by atoms with Crippen LogP contribution in [0.25, 0.3) is 0 Å². The third-order valence-corrected chi connectivity index (χ3v) is 3.93. The highest BCUT2D eigenvalue weighted by Crippen LogP contribution is 2.15. The smallest absolute Gasteiger partial charge is 0.220 e. The van der Waals surface area contributed by atoms with Crippen LogP contribution in [0, 0.1) is 0 Å². The van der Waals surface area contributed by atoms with Crippen molar-refractivity contribution in [3.8, 4) is 0 Å². The third kappa shape index (κ3) is 4.84. The SMILES string of the molecule is O=C(CCC1CCCCN1)NCc1ccccc1Cl. The van der Waals surface area contributed by atoms with Crippen molar-refractivity contribution in [3.63, 3.8) is 0 Å². The standard InChI is InChI=1S/C15H21ClN2O/c16-14-7-2-1-5-12(14)11-18-15(19)9-8-13-6-3-4-10-17-13/h1-2,5,7,13,17H,3-4,6,8-11H2,(H,18,19). The molecule has 104 valence electrons. The molecule has 3 nitrogen and oxygen atoms in total. The number of benzene rings is 1. The molecule has 0 radical (unpaired) electrons. The lowest BCUT2D eigenvalue weighted by Gasteiger charge is -2.23. The normalized spacial score (nSPS) is 19.1. The molecule has 1 saturated heterocycles. The zero-order valence-electron chi connectivity index (χ0n) is 11.1. The quantitative estimate of drug-likeness (QED) is 0.871. The van der Waals surface area contributed by atoms with E-state index in [1.165, 1.54) is 19.3 Å². The van der Waals surface area contributed by atoms with E-state index in [9.17, 15) is 4.79 Å². The number of hydrogen-bond acceptors (Lipinski definition) is 2. The van der Waals surface area contributed by atoms with Crippen molar-refractivity contribution in [2.24, 2.45) is 0 Å². The Morgan fingerprint density at radius 1 is 1.37 bits per heavy atom. The van der Waals surface area contributed by atoms with Crippen molar-refractivity contribution in [1.82, 2.24) is 10.6 Å². The second-order valence-corrected chi connectivity index (χ2v) is 5.46. The Hall–Kier alpha value is -1.06. The van der Waals surface area contributed by atoms with Gasteiger partial charge in [-0.05, 0) is 37.4 Å². The molecule has 1 aliphatic rings. The summed E-state index contributed by atoms with van der Waals surface area (Å²) in [6, 6.07) is 8.11. The van der Waals surface area contributed by atoms with Crippen molar-refractivity contribution in [3.05, 3.63) is 34.9 Å². The van der Waals surface area contributed by atoms with Gasteiger partial charge in [-0.3, -0.25) is 4.79 Å². The van der Waals surface area contributed by atoms with Crippen LogP contribution < -0.4 is 10.6 Å². The molecule has 0 bridgehead atoms. The molecule has 1 atom stereocenters. The minimum absolute atomic E-state index is 0.104. The number of piperidine rings is 1. The van der Waals surface area contributed by atoms with Crippen LogP contribution in [0.5, 0.6) is 0 Å². The summed E-state index contributed by atoms with van der Waals surface area (Å²) >= 11 is 6.05. The minimum Gasteiger partial charge on any atom is -0.352 e. The molecule has 1 amide bonds. The summed E-state index contributed by atoms with van der Waals surface area (Å²) in [4.78, 5) is 11.8. The van der Waals surface area contributed by atoms with E-state index in [0.29, 0.717) is 24.0 Å². The van der Waals surface area contributed by atoms with Crippen LogP contribution in [0.1, 0.15) is 37.7 Å². The average molecular weight is 281 g/mol. The van der Waals surface area contributed by atoms with E-state index in [4.69, 9.17) is 11.6 Å². The molecule has 4 heteroatoms.